The van der Waals surface area contributed by atoms with E-state index in [1.165, 1.54) is 17.2 Å². The average Bonchev–Trinajstić information content (AvgIpc) is 3.22. The summed E-state index contributed by atoms with van der Waals surface area (Å²) in [6.45, 7) is 0. The van der Waals surface area contributed by atoms with Crippen LogP contribution in [-0.2, 0) is 9.84 Å². The van der Waals surface area contributed by atoms with Gasteiger partial charge in [-0.2, -0.15) is 0 Å². The van der Waals surface area contributed by atoms with Gasteiger partial charge >= 0.3 is 0 Å². The molecule has 1 aromatic heterocycles. The maximum absolute atomic E-state index is 12.6. The van der Waals surface area contributed by atoms with Gasteiger partial charge in [0.1, 0.15) is 5.69 Å². The average molecular weight is 365 g/mol. The van der Waals surface area contributed by atoms with Gasteiger partial charge < -0.3 is 10.2 Å². The summed E-state index contributed by atoms with van der Waals surface area (Å²) in [5.74, 6) is -0.476. The third kappa shape index (κ3) is 4.18. The molecule has 1 saturated heterocycles. The van der Waals surface area contributed by atoms with E-state index in [9.17, 15) is 18.0 Å². The van der Waals surface area contributed by atoms with Crippen molar-refractivity contribution in [1.29, 1.82) is 0 Å². The number of amides is 2. The molecule has 2 amide bonds. The smallest absolute Gasteiger partial charge is 0.272 e. The van der Waals surface area contributed by atoms with Crippen molar-refractivity contribution in [1.82, 2.24) is 15.2 Å². The summed E-state index contributed by atoms with van der Waals surface area (Å²) in [4.78, 5) is 30.4. The summed E-state index contributed by atoms with van der Waals surface area (Å²) >= 11 is 0. The van der Waals surface area contributed by atoms with Gasteiger partial charge in [0, 0.05) is 30.9 Å². The Morgan fingerprint density at radius 2 is 1.96 bits per heavy atom. The Morgan fingerprint density at radius 1 is 1.24 bits per heavy atom. The van der Waals surface area contributed by atoms with Crippen molar-refractivity contribution in [2.75, 3.05) is 18.6 Å². The molecule has 1 saturated carbocycles. The number of hydrogen-bond acceptors (Lipinski definition) is 5. The Labute approximate surface area is 147 Å². The molecule has 0 aromatic carbocycles. The van der Waals surface area contributed by atoms with Crippen molar-refractivity contribution in [2.45, 2.75) is 44.2 Å². The lowest BCUT2D eigenvalue weighted by Gasteiger charge is -2.23. The van der Waals surface area contributed by atoms with Crippen LogP contribution in [-0.4, -0.2) is 60.8 Å². The number of pyridine rings is 1. The van der Waals surface area contributed by atoms with Crippen LogP contribution >= 0.6 is 0 Å². The minimum absolute atomic E-state index is 0.0168. The van der Waals surface area contributed by atoms with Gasteiger partial charge in [-0.1, -0.05) is 12.8 Å². The fourth-order valence-corrected chi connectivity index (χ4v) is 5.23. The summed E-state index contributed by atoms with van der Waals surface area (Å²) < 4.78 is 23.2. The third-order valence-electron chi connectivity index (χ3n) is 5.01. The molecule has 1 N–H and O–H groups in total. The topological polar surface area (TPSA) is 96.4 Å². The third-order valence-corrected chi connectivity index (χ3v) is 6.76. The molecule has 8 heteroatoms. The standard InChI is InChI=1S/C17H23N3O4S/c1-20(14-7-9-25(23,24)11-14)17(22)15-10-12(6-8-18-15)16(21)19-13-4-2-3-5-13/h6,8,10,13-14H,2-5,7,9,11H2,1H3,(H,19,21). The van der Waals surface area contributed by atoms with Crippen LogP contribution in [0, 0.1) is 0 Å². The first-order valence-electron chi connectivity index (χ1n) is 8.60. The molecule has 0 radical (unpaired) electrons. The number of sulfone groups is 1. The Kier molecular flexibility index (Phi) is 5.08. The molecular weight excluding hydrogens is 342 g/mol. The zero-order valence-electron chi connectivity index (χ0n) is 14.3. The lowest BCUT2D eigenvalue weighted by atomic mass is 10.1. The van der Waals surface area contributed by atoms with E-state index in [0.717, 1.165) is 25.7 Å². The van der Waals surface area contributed by atoms with Crippen LogP contribution in [0.5, 0.6) is 0 Å². The van der Waals surface area contributed by atoms with Crippen LogP contribution in [0.4, 0.5) is 0 Å². The molecule has 136 valence electrons. The summed E-state index contributed by atoms with van der Waals surface area (Å²) in [5.41, 5.74) is 0.559. The van der Waals surface area contributed by atoms with Crippen LogP contribution in [0.2, 0.25) is 0 Å². The van der Waals surface area contributed by atoms with Crippen LogP contribution in [0.3, 0.4) is 0 Å². The summed E-state index contributed by atoms with van der Waals surface area (Å²) in [5, 5.41) is 2.99. The van der Waals surface area contributed by atoms with Crippen molar-refractivity contribution in [3.63, 3.8) is 0 Å². The van der Waals surface area contributed by atoms with E-state index in [2.05, 4.69) is 10.3 Å². The molecule has 25 heavy (non-hydrogen) atoms. The van der Waals surface area contributed by atoms with Gasteiger partial charge in [-0.15, -0.1) is 0 Å². The zero-order chi connectivity index (χ0) is 18.0. The first-order valence-corrected chi connectivity index (χ1v) is 10.4. The van der Waals surface area contributed by atoms with E-state index in [0.29, 0.717) is 12.0 Å². The largest absolute Gasteiger partial charge is 0.349 e. The number of carbonyl (C=O) groups excluding carboxylic acids is 2. The van der Waals surface area contributed by atoms with Gasteiger partial charge in [0.25, 0.3) is 11.8 Å². The molecule has 3 rings (SSSR count). The minimum Gasteiger partial charge on any atom is -0.349 e. The summed E-state index contributed by atoms with van der Waals surface area (Å²) in [6, 6.07) is 2.93. The second kappa shape index (κ2) is 7.11. The van der Waals surface area contributed by atoms with Crippen LogP contribution < -0.4 is 5.32 Å². The highest BCUT2D eigenvalue weighted by Gasteiger charge is 2.33. The van der Waals surface area contributed by atoms with Gasteiger partial charge in [-0.05, 0) is 31.4 Å². The Hall–Kier alpha value is -1.96. The lowest BCUT2D eigenvalue weighted by molar-refractivity contribution is 0.0742. The monoisotopic (exact) mass is 365 g/mol. The molecule has 0 bridgehead atoms. The SMILES string of the molecule is CN(C(=O)c1cc(C(=O)NC2CCCC2)ccn1)C1CCS(=O)(=O)C1. The van der Waals surface area contributed by atoms with Crippen LogP contribution in [0.25, 0.3) is 0 Å². The molecule has 2 aliphatic rings. The highest BCUT2D eigenvalue weighted by Crippen LogP contribution is 2.20. The van der Waals surface area contributed by atoms with E-state index in [1.807, 2.05) is 0 Å². The second-order valence-electron chi connectivity index (χ2n) is 6.86. The summed E-state index contributed by atoms with van der Waals surface area (Å²) in [7, 11) is -1.49. The molecule has 2 heterocycles. The van der Waals surface area contributed by atoms with E-state index in [-0.39, 0.29) is 41.1 Å². The van der Waals surface area contributed by atoms with Crippen molar-refractivity contribution >= 4 is 21.7 Å². The molecule has 1 unspecified atom stereocenters. The number of rotatable bonds is 4. The highest BCUT2D eigenvalue weighted by atomic mass is 32.2. The molecular formula is C17H23N3O4S. The quantitative estimate of drug-likeness (QED) is 0.859. The number of carbonyl (C=O) groups is 2. The van der Waals surface area contributed by atoms with Gasteiger partial charge in [0.15, 0.2) is 9.84 Å². The van der Waals surface area contributed by atoms with Crippen molar-refractivity contribution in [2.24, 2.45) is 0 Å². The molecule has 1 aliphatic carbocycles. The van der Waals surface area contributed by atoms with E-state index < -0.39 is 9.84 Å². The minimum atomic E-state index is -3.07. The maximum Gasteiger partial charge on any atom is 0.272 e. The molecule has 0 spiro atoms. The lowest BCUT2D eigenvalue weighted by Crippen LogP contribution is -2.38. The van der Waals surface area contributed by atoms with Crippen molar-refractivity contribution in [3.05, 3.63) is 29.6 Å². The summed E-state index contributed by atoms with van der Waals surface area (Å²) in [6.07, 6.45) is 6.10. The number of aromatic nitrogens is 1. The van der Waals surface area contributed by atoms with Crippen molar-refractivity contribution in [3.8, 4) is 0 Å². The van der Waals surface area contributed by atoms with Gasteiger partial charge in [0.2, 0.25) is 0 Å². The fourth-order valence-electron chi connectivity index (χ4n) is 3.45. The van der Waals surface area contributed by atoms with Crippen molar-refractivity contribution < 1.29 is 18.0 Å². The highest BCUT2D eigenvalue weighted by molar-refractivity contribution is 7.91. The molecule has 2 fully saturated rings. The van der Waals surface area contributed by atoms with Gasteiger partial charge in [0.05, 0.1) is 11.5 Å². The van der Waals surface area contributed by atoms with Crippen LogP contribution in [0.15, 0.2) is 18.3 Å². The zero-order valence-corrected chi connectivity index (χ0v) is 15.1. The Balaban J connectivity index is 1.69. The van der Waals surface area contributed by atoms with Gasteiger partial charge in [-0.3, -0.25) is 14.6 Å². The molecule has 1 atom stereocenters. The number of hydrogen-bond donors (Lipinski definition) is 1. The molecule has 1 aromatic rings. The molecule has 7 nitrogen and oxygen atoms in total. The Bertz CT molecular complexity index is 772. The van der Waals surface area contributed by atoms with E-state index in [1.54, 1.807) is 13.1 Å². The first kappa shape index (κ1) is 17.8. The predicted octanol–water partition coefficient (Wildman–Crippen LogP) is 1.01. The van der Waals surface area contributed by atoms with Crippen LogP contribution in [0.1, 0.15) is 53.0 Å². The number of nitrogens with zero attached hydrogens (tertiary/aromatic N) is 2. The fraction of sp³-hybridized carbons (Fsp3) is 0.588. The molecule has 1 aliphatic heterocycles. The maximum atomic E-state index is 12.6. The Morgan fingerprint density at radius 3 is 2.60 bits per heavy atom. The number of nitrogens with one attached hydrogen (secondary N) is 1. The van der Waals surface area contributed by atoms with Gasteiger partial charge in [-0.25, -0.2) is 8.42 Å². The second-order valence-corrected chi connectivity index (χ2v) is 9.09. The first-order chi connectivity index (χ1) is 11.9. The van der Waals surface area contributed by atoms with E-state index >= 15 is 0 Å². The predicted molar refractivity (Wildman–Crippen MR) is 93.1 cm³/mol. The normalized spacial score (nSPS) is 22.7. The van der Waals surface area contributed by atoms with E-state index in [4.69, 9.17) is 0 Å².